The van der Waals surface area contributed by atoms with Crippen molar-refractivity contribution in [1.29, 1.82) is 0 Å². The van der Waals surface area contributed by atoms with Gasteiger partial charge in [0, 0.05) is 18.7 Å². The number of terminal acetylenes is 1. The fourth-order valence-corrected chi connectivity index (χ4v) is 3.78. The maximum atomic E-state index is 12.2. The van der Waals surface area contributed by atoms with Crippen molar-refractivity contribution in [2.75, 3.05) is 18.4 Å². The SMILES string of the molecule is C#CCN1CCc2c(-c3ccccc3)cc3c(c2C1)NC(=O)C3N=O. The molecule has 2 aromatic carbocycles. The second-order valence-corrected chi connectivity index (χ2v) is 6.37. The number of anilines is 1. The average Bonchev–Trinajstić information content (AvgIpc) is 2.97. The highest BCUT2D eigenvalue weighted by Crippen LogP contribution is 2.44. The largest absolute Gasteiger partial charge is 0.323 e. The van der Waals surface area contributed by atoms with Crippen LogP contribution < -0.4 is 5.32 Å². The zero-order chi connectivity index (χ0) is 17.4. The fourth-order valence-electron chi connectivity index (χ4n) is 3.78. The molecule has 0 aromatic heterocycles. The molecule has 25 heavy (non-hydrogen) atoms. The number of carbonyl (C=O) groups is 1. The van der Waals surface area contributed by atoms with E-state index in [1.165, 1.54) is 5.56 Å². The summed E-state index contributed by atoms with van der Waals surface area (Å²) in [6, 6.07) is 11.0. The smallest absolute Gasteiger partial charge is 0.257 e. The van der Waals surface area contributed by atoms with E-state index < -0.39 is 6.04 Å². The predicted molar refractivity (Wildman–Crippen MR) is 96.9 cm³/mol. The van der Waals surface area contributed by atoms with Gasteiger partial charge in [0.2, 0.25) is 0 Å². The van der Waals surface area contributed by atoms with E-state index in [1.807, 2.05) is 36.4 Å². The Morgan fingerprint density at radius 2 is 2.08 bits per heavy atom. The Balaban J connectivity index is 1.92. The van der Waals surface area contributed by atoms with Crippen molar-refractivity contribution in [2.24, 2.45) is 5.18 Å². The fraction of sp³-hybridized carbons (Fsp3) is 0.250. The highest BCUT2D eigenvalue weighted by atomic mass is 16.3. The van der Waals surface area contributed by atoms with Crippen LogP contribution in [0.4, 0.5) is 5.69 Å². The van der Waals surface area contributed by atoms with E-state index in [2.05, 4.69) is 21.3 Å². The first kappa shape index (κ1) is 15.6. The van der Waals surface area contributed by atoms with Gasteiger partial charge in [0.1, 0.15) is 0 Å². The Morgan fingerprint density at radius 1 is 1.28 bits per heavy atom. The first-order valence-electron chi connectivity index (χ1n) is 8.26. The van der Waals surface area contributed by atoms with Gasteiger partial charge in [-0.05, 0) is 34.7 Å². The molecule has 1 atom stereocenters. The molecule has 5 heteroatoms. The Bertz CT molecular complexity index is 899. The minimum absolute atomic E-state index is 0.355. The van der Waals surface area contributed by atoms with Gasteiger partial charge in [0.15, 0.2) is 6.04 Å². The molecule has 0 radical (unpaired) electrons. The Labute approximate surface area is 146 Å². The van der Waals surface area contributed by atoms with Gasteiger partial charge in [-0.1, -0.05) is 41.4 Å². The normalized spacial score (nSPS) is 18.8. The first-order chi connectivity index (χ1) is 12.2. The number of rotatable bonds is 3. The van der Waals surface area contributed by atoms with E-state index >= 15 is 0 Å². The van der Waals surface area contributed by atoms with Gasteiger partial charge >= 0.3 is 0 Å². The van der Waals surface area contributed by atoms with Crippen molar-refractivity contribution in [3.8, 4) is 23.5 Å². The summed E-state index contributed by atoms with van der Waals surface area (Å²) in [4.78, 5) is 25.5. The second kappa shape index (κ2) is 6.15. The van der Waals surface area contributed by atoms with Crippen molar-refractivity contribution < 1.29 is 4.79 Å². The van der Waals surface area contributed by atoms with E-state index in [1.54, 1.807) is 0 Å². The number of carbonyl (C=O) groups excluding carboxylic acids is 1. The van der Waals surface area contributed by atoms with Crippen LogP contribution >= 0.6 is 0 Å². The molecule has 1 amide bonds. The van der Waals surface area contributed by atoms with E-state index in [0.29, 0.717) is 18.7 Å². The van der Waals surface area contributed by atoms with E-state index in [9.17, 15) is 9.70 Å². The number of benzene rings is 2. The van der Waals surface area contributed by atoms with Crippen LogP contribution in [-0.4, -0.2) is 23.9 Å². The lowest BCUT2D eigenvalue weighted by atomic mass is 9.86. The van der Waals surface area contributed by atoms with Crippen LogP contribution in [0.5, 0.6) is 0 Å². The van der Waals surface area contributed by atoms with Crippen molar-refractivity contribution >= 4 is 11.6 Å². The summed E-state index contributed by atoms with van der Waals surface area (Å²) in [7, 11) is 0. The minimum Gasteiger partial charge on any atom is -0.323 e. The van der Waals surface area contributed by atoms with Gasteiger partial charge in [0.25, 0.3) is 5.91 Å². The van der Waals surface area contributed by atoms with Gasteiger partial charge in [-0.25, -0.2) is 0 Å². The van der Waals surface area contributed by atoms with E-state index in [-0.39, 0.29) is 5.91 Å². The number of fused-ring (bicyclic) bond motifs is 3. The molecule has 2 aliphatic rings. The maximum absolute atomic E-state index is 12.2. The van der Waals surface area contributed by atoms with E-state index in [4.69, 9.17) is 6.42 Å². The molecule has 0 fully saturated rings. The first-order valence-corrected chi connectivity index (χ1v) is 8.26. The number of amides is 1. The summed E-state index contributed by atoms with van der Waals surface area (Å²) in [5, 5.41) is 5.90. The van der Waals surface area contributed by atoms with Gasteiger partial charge in [-0.2, -0.15) is 0 Å². The third kappa shape index (κ3) is 2.51. The summed E-state index contributed by atoms with van der Waals surface area (Å²) in [5.41, 5.74) is 5.82. The molecule has 0 saturated heterocycles. The number of nitrogens with zero attached hydrogens (tertiary/aromatic N) is 2. The van der Waals surface area contributed by atoms with Crippen LogP contribution in [-0.2, 0) is 17.8 Å². The van der Waals surface area contributed by atoms with Crippen LogP contribution in [0, 0.1) is 17.3 Å². The molecule has 2 heterocycles. The van der Waals surface area contributed by atoms with Crippen LogP contribution in [0.1, 0.15) is 22.7 Å². The van der Waals surface area contributed by atoms with Crippen LogP contribution in [0.2, 0.25) is 0 Å². The third-order valence-corrected chi connectivity index (χ3v) is 4.94. The van der Waals surface area contributed by atoms with Crippen LogP contribution in [0.3, 0.4) is 0 Å². The summed E-state index contributed by atoms with van der Waals surface area (Å²) < 4.78 is 0. The molecule has 124 valence electrons. The molecule has 2 aromatic rings. The lowest BCUT2D eigenvalue weighted by Crippen LogP contribution is -2.31. The summed E-state index contributed by atoms with van der Waals surface area (Å²) >= 11 is 0. The van der Waals surface area contributed by atoms with Crippen molar-refractivity contribution in [3.63, 3.8) is 0 Å². The highest BCUT2D eigenvalue weighted by molar-refractivity contribution is 6.04. The van der Waals surface area contributed by atoms with Crippen LogP contribution in [0.25, 0.3) is 11.1 Å². The van der Waals surface area contributed by atoms with Gasteiger partial charge < -0.3 is 5.32 Å². The van der Waals surface area contributed by atoms with Gasteiger partial charge in [-0.15, -0.1) is 11.3 Å². The molecule has 2 aliphatic heterocycles. The van der Waals surface area contributed by atoms with E-state index in [0.717, 1.165) is 35.3 Å². The lowest BCUT2D eigenvalue weighted by Gasteiger charge is -2.30. The molecule has 0 bridgehead atoms. The van der Waals surface area contributed by atoms with Gasteiger partial charge in [0.05, 0.1) is 12.2 Å². The summed E-state index contributed by atoms with van der Waals surface area (Å²) in [6.45, 7) is 2.10. The lowest BCUT2D eigenvalue weighted by molar-refractivity contribution is -0.116. The Kier molecular flexibility index (Phi) is 3.83. The molecular weight excluding hydrogens is 314 g/mol. The van der Waals surface area contributed by atoms with Crippen LogP contribution in [0.15, 0.2) is 41.6 Å². The molecule has 0 aliphatic carbocycles. The predicted octanol–water partition coefficient (Wildman–Crippen LogP) is 3.10. The molecule has 1 N–H and O–H groups in total. The minimum atomic E-state index is -0.981. The molecule has 5 nitrogen and oxygen atoms in total. The molecule has 0 spiro atoms. The molecular formula is C20H17N3O2. The quantitative estimate of drug-likeness (QED) is 0.694. The van der Waals surface area contributed by atoms with Crippen molar-refractivity contribution in [3.05, 3.63) is 58.0 Å². The standard InChI is InChI=1S/C20H17N3O2/c1-2-9-23-10-8-14-15(13-6-4-3-5-7-13)11-16-18(17(14)12-23)21-20(24)19(16)22-25/h1,3-7,11,19H,8-10,12H2,(H,21,24). The number of hydrogen-bond donors (Lipinski definition) is 1. The molecule has 4 rings (SSSR count). The third-order valence-electron chi connectivity index (χ3n) is 4.94. The highest BCUT2D eigenvalue weighted by Gasteiger charge is 2.36. The summed E-state index contributed by atoms with van der Waals surface area (Å²) in [6.07, 6.45) is 6.31. The summed E-state index contributed by atoms with van der Waals surface area (Å²) in [5.74, 6) is 2.33. The average molecular weight is 331 g/mol. The number of hydrogen-bond acceptors (Lipinski definition) is 4. The monoisotopic (exact) mass is 331 g/mol. The number of nitroso groups, excluding NO2 is 1. The van der Waals surface area contributed by atoms with Crippen molar-refractivity contribution in [2.45, 2.75) is 19.0 Å². The zero-order valence-electron chi connectivity index (χ0n) is 13.7. The zero-order valence-corrected chi connectivity index (χ0v) is 13.7. The number of nitrogens with one attached hydrogen (secondary N) is 1. The molecule has 1 unspecified atom stereocenters. The molecule has 0 saturated carbocycles. The van der Waals surface area contributed by atoms with Gasteiger partial charge in [-0.3, -0.25) is 9.69 Å². The second-order valence-electron chi connectivity index (χ2n) is 6.37. The Hall–Kier alpha value is -2.97. The Morgan fingerprint density at radius 3 is 2.80 bits per heavy atom. The maximum Gasteiger partial charge on any atom is 0.257 e. The topological polar surface area (TPSA) is 61.8 Å². The van der Waals surface area contributed by atoms with Crippen molar-refractivity contribution in [1.82, 2.24) is 4.90 Å².